The van der Waals surface area contributed by atoms with E-state index >= 15 is 4.39 Å². The van der Waals surface area contributed by atoms with Crippen LogP contribution in [0.2, 0.25) is 18.1 Å². The molecule has 41 heavy (non-hydrogen) atoms. The van der Waals surface area contributed by atoms with Crippen LogP contribution in [0.5, 0.6) is 10.9 Å². The minimum atomic E-state index is -1.77. The number of carbonyl (C=O) groups is 1. The zero-order valence-electron chi connectivity index (χ0n) is 25.1. The molecule has 1 fully saturated rings. The van der Waals surface area contributed by atoms with Gasteiger partial charge >= 0.3 is 0 Å². The molecule has 1 aliphatic carbocycles. The zero-order valence-corrected chi connectivity index (χ0v) is 26.9. The van der Waals surface area contributed by atoms with Crippen LogP contribution in [0.15, 0.2) is 18.5 Å². The predicted molar refractivity (Wildman–Crippen MR) is 161 cm³/mol. The van der Waals surface area contributed by atoms with Crippen molar-refractivity contribution in [2.75, 3.05) is 19.0 Å². The van der Waals surface area contributed by atoms with E-state index in [0.29, 0.717) is 35.1 Å². The fourth-order valence-electron chi connectivity index (χ4n) is 4.60. The van der Waals surface area contributed by atoms with Crippen LogP contribution in [0.1, 0.15) is 68.2 Å². The van der Waals surface area contributed by atoms with Gasteiger partial charge in [-0.25, -0.2) is 4.39 Å². The van der Waals surface area contributed by atoms with Gasteiger partial charge in [0, 0.05) is 23.6 Å². The summed E-state index contributed by atoms with van der Waals surface area (Å²) in [5, 5.41) is 11.8. The fourth-order valence-corrected chi connectivity index (χ4v) is 6.62. The third-order valence-corrected chi connectivity index (χ3v) is 13.4. The second kappa shape index (κ2) is 12.5. The van der Waals surface area contributed by atoms with Gasteiger partial charge in [0.05, 0.1) is 36.7 Å². The van der Waals surface area contributed by atoms with Crippen molar-refractivity contribution in [3.63, 3.8) is 0 Å². The summed E-state index contributed by atoms with van der Waals surface area (Å²) in [7, 11) is -0.340. The molecule has 3 aromatic heterocycles. The van der Waals surface area contributed by atoms with E-state index < -0.39 is 20.0 Å². The van der Waals surface area contributed by atoms with Gasteiger partial charge in [-0.05, 0) is 81.0 Å². The third kappa shape index (κ3) is 7.28. The number of aromatic nitrogens is 4. The number of halogens is 1. The van der Waals surface area contributed by atoms with Crippen molar-refractivity contribution in [2.24, 2.45) is 5.92 Å². The molecule has 0 saturated heterocycles. The molecule has 0 aromatic carbocycles. The Labute approximate surface area is 246 Å². The molecule has 0 bridgehead atoms. The maximum atomic E-state index is 15.2. The lowest BCUT2D eigenvalue weighted by Gasteiger charge is -2.41. The summed E-state index contributed by atoms with van der Waals surface area (Å²) in [5.74, 6) is -0.409. The van der Waals surface area contributed by atoms with Crippen molar-refractivity contribution in [1.82, 2.24) is 20.2 Å². The molecule has 0 radical (unpaired) electrons. The van der Waals surface area contributed by atoms with Gasteiger partial charge < -0.3 is 13.9 Å². The first kappa shape index (κ1) is 31.0. The van der Waals surface area contributed by atoms with E-state index in [0.717, 1.165) is 37.0 Å². The number of anilines is 1. The van der Waals surface area contributed by atoms with Crippen molar-refractivity contribution in [1.29, 1.82) is 0 Å². The van der Waals surface area contributed by atoms with Crippen molar-refractivity contribution in [3.05, 3.63) is 41.2 Å². The Bertz CT molecular complexity index is 1390. The van der Waals surface area contributed by atoms with Crippen molar-refractivity contribution >= 4 is 30.7 Å². The quantitative estimate of drug-likeness (QED) is 0.262. The highest BCUT2D eigenvalue weighted by Gasteiger charge is 2.39. The standard InChI is InChI=1S/C29H40FN5O4SSi/c1-17-13-21(24-23(37-6)15-32-18(2)25(24)30)22(14-31-17)26(36)33-27-34-35-28(40-27)38-16-19-9-11-20(12-10-19)39-41(7,8)29(3,4)5/h13-15,19-20H,9-12,16H2,1-8H3,(H,33,34,36). The maximum Gasteiger partial charge on any atom is 0.295 e. The average molecular weight is 602 g/mol. The second-order valence-corrected chi connectivity index (χ2v) is 17.8. The summed E-state index contributed by atoms with van der Waals surface area (Å²) in [5.41, 5.74) is 1.50. The van der Waals surface area contributed by atoms with Crippen LogP contribution < -0.4 is 14.8 Å². The Balaban J connectivity index is 1.37. The molecule has 3 heterocycles. The van der Waals surface area contributed by atoms with Gasteiger partial charge in [-0.2, -0.15) is 0 Å². The Kier molecular flexibility index (Phi) is 9.44. The summed E-state index contributed by atoms with van der Waals surface area (Å²) in [6.07, 6.45) is 7.33. The molecule has 1 amide bonds. The summed E-state index contributed by atoms with van der Waals surface area (Å²) in [6, 6.07) is 1.65. The molecular formula is C29H40FN5O4SSi. The van der Waals surface area contributed by atoms with Crippen LogP contribution in [0.4, 0.5) is 9.52 Å². The molecule has 222 valence electrons. The highest BCUT2D eigenvalue weighted by Crippen LogP contribution is 2.40. The Morgan fingerprint density at radius 2 is 1.83 bits per heavy atom. The molecule has 3 aromatic rings. The van der Waals surface area contributed by atoms with E-state index in [4.69, 9.17) is 13.9 Å². The molecule has 12 heteroatoms. The van der Waals surface area contributed by atoms with Crippen molar-refractivity contribution in [3.8, 4) is 22.1 Å². The van der Waals surface area contributed by atoms with Gasteiger partial charge in [0.1, 0.15) is 5.75 Å². The smallest absolute Gasteiger partial charge is 0.295 e. The molecular weight excluding hydrogens is 562 g/mol. The number of pyridine rings is 2. The monoisotopic (exact) mass is 601 g/mol. The highest BCUT2D eigenvalue weighted by molar-refractivity contribution is 7.17. The topological polar surface area (TPSA) is 108 Å². The van der Waals surface area contributed by atoms with Crippen molar-refractivity contribution < 1.29 is 23.1 Å². The molecule has 1 N–H and O–H groups in total. The lowest BCUT2D eigenvalue weighted by atomic mass is 9.88. The Morgan fingerprint density at radius 1 is 1.12 bits per heavy atom. The normalized spacial score (nSPS) is 17.8. The average Bonchev–Trinajstić information content (AvgIpc) is 3.36. The first-order valence-electron chi connectivity index (χ1n) is 13.9. The second-order valence-electron chi connectivity index (χ2n) is 12.1. The maximum absolute atomic E-state index is 15.2. The Hall–Kier alpha value is -2.96. The van der Waals surface area contributed by atoms with Crippen LogP contribution >= 0.6 is 11.3 Å². The van der Waals surface area contributed by atoms with E-state index in [1.165, 1.54) is 19.5 Å². The molecule has 0 aliphatic heterocycles. The first-order valence-corrected chi connectivity index (χ1v) is 17.6. The Morgan fingerprint density at radius 3 is 2.49 bits per heavy atom. The SMILES string of the molecule is COc1cnc(C)c(F)c1-c1cc(C)ncc1C(=O)Nc1nnc(OCC2CCC(O[Si](C)(C)C(C)(C)C)CC2)s1. The molecule has 0 spiro atoms. The first-order chi connectivity index (χ1) is 19.3. The lowest BCUT2D eigenvalue weighted by Crippen LogP contribution is -2.44. The summed E-state index contributed by atoms with van der Waals surface area (Å²) in [4.78, 5) is 21.6. The van der Waals surface area contributed by atoms with E-state index in [2.05, 4.69) is 59.3 Å². The van der Waals surface area contributed by atoms with Crippen molar-refractivity contribution in [2.45, 2.75) is 84.5 Å². The van der Waals surface area contributed by atoms with Crippen LogP contribution in [0, 0.1) is 25.6 Å². The summed E-state index contributed by atoms with van der Waals surface area (Å²) >= 11 is 1.15. The molecule has 0 atom stereocenters. The van der Waals surface area contributed by atoms with E-state index in [-0.39, 0.29) is 32.7 Å². The highest BCUT2D eigenvalue weighted by atomic mass is 32.1. The number of rotatable bonds is 9. The number of nitrogens with one attached hydrogen (secondary N) is 1. The fraction of sp³-hybridized carbons (Fsp3) is 0.552. The molecule has 0 unspecified atom stereocenters. The van der Waals surface area contributed by atoms with E-state index in [1.807, 2.05) is 0 Å². The third-order valence-electron chi connectivity index (χ3n) is 8.06. The van der Waals surface area contributed by atoms with E-state index in [9.17, 15) is 4.79 Å². The number of methoxy groups -OCH3 is 1. The number of nitrogens with zero attached hydrogens (tertiary/aromatic N) is 4. The van der Waals surface area contributed by atoms with E-state index in [1.54, 1.807) is 19.9 Å². The number of aryl methyl sites for hydroxylation is 2. The molecule has 1 saturated carbocycles. The van der Waals surface area contributed by atoms with Crippen LogP contribution in [-0.2, 0) is 4.43 Å². The number of hydrogen-bond acceptors (Lipinski definition) is 9. The molecule has 4 rings (SSSR count). The van der Waals surface area contributed by atoms with Crippen LogP contribution in [0.25, 0.3) is 11.1 Å². The van der Waals surface area contributed by atoms with Crippen LogP contribution in [0.3, 0.4) is 0 Å². The molecule has 1 aliphatic rings. The number of ether oxygens (including phenoxy) is 2. The van der Waals surface area contributed by atoms with Gasteiger partial charge in [-0.3, -0.25) is 20.1 Å². The van der Waals surface area contributed by atoms with Gasteiger partial charge in [0.25, 0.3) is 11.1 Å². The number of carbonyl (C=O) groups excluding carboxylic acids is 1. The molecule has 9 nitrogen and oxygen atoms in total. The van der Waals surface area contributed by atoms with Gasteiger partial charge in [0.2, 0.25) is 5.13 Å². The van der Waals surface area contributed by atoms with Gasteiger partial charge in [-0.15, -0.1) is 5.10 Å². The summed E-state index contributed by atoms with van der Waals surface area (Å²) in [6.45, 7) is 15.3. The predicted octanol–water partition coefficient (Wildman–Crippen LogP) is 6.97. The van der Waals surface area contributed by atoms with Gasteiger partial charge in [0.15, 0.2) is 14.1 Å². The minimum Gasteiger partial charge on any atom is -0.494 e. The lowest BCUT2D eigenvalue weighted by molar-refractivity contribution is 0.0983. The van der Waals surface area contributed by atoms with Gasteiger partial charge in [-0.1, -0.05) is 25.9 Å². The van der Waals surface area contributed by atoms with Crippen LogP contribution in [-0.4, -0.2) is 54.2 Å². The zero-order chi connectivity index (χ0) is 29.9. The minimum absolute atomic E-state index is 0.154. The number of amides is 1. The largest absolute Gasteiger partial charge is 0.494 e. The summed E-state index contributed by atoms with van der Waals surface area (Å²) < 4.78 is 33.1. The number of hydrogen-bond donors (Lipinski definition) is 1.